The number of ether oxygens (including phenoxy) is 1. The maximum absolute atomic E-state index is 5.34. The fraction of sp³-hybridized carbons (Fsp3) is 0.667. The van der Waals surface area contributed by atoms with Gasteiger partial charge in [-0.3, -0.25) is 0 Å². The second-order valence-electron chi connectivity index (χ2n) is 7.10. The predicted molar refractivity (Wildman–Crippen MR) is 85.4 cm³/mol. The molecule has 1 N–H and O–H groups in total. The van der Waals surface area contributed by atoms with Crippen LogP contribution in [0.25, 0.3) is 0 Å². The van der Waals surface area contributed by atoms with E-state index in [1.54, 1.807) is 7.11 Å². The number of rotatable bonds is 5. The molecule has 2 heteroatoms. The molecular weight excluding hydrogens is 246 g/mol. The summed E-state index contributed by atoms with van der Waals surface area (Å²) in [5.41, 5.74) is 3.30. The van der Waals surface area contributed by atoms with E-state index in [0.29, 0.717) is 17.4 Å². The normalized spacial score (nSPS) is 19.0. The number of methoxy groups -OCH3 is 1. The van der Waals surface area contributed by atoms with Crippen LogP contribution in [0.5, 0.6) is 5.75 Å². The third kappa shape index (κ3) is 3.54. The zero-order valence-electron chi connectivity index (χ0n) is 13.6. The van der Waals surface area contributed by atoms with E-state index >= 15 is 0 Å². The largest absolute Gasteiger partial charge is 0.497 e. The number of hydrogen-bond donors (Lipinski definition) is 1. The van der Waals surface area contributed by atoms with Crippen molar-refractivity contribution in [3.8, 4) is 5.75 Å². The van der Waals surface area contributed by atoms with Gasteiger partial charge in [0.05, 0.1) is 7.11 Å². The van der Waals surface area contributed by atoms with Gasteiger partial charge in [0.1, 0.15) is 5.75 Å². The van der Waals surface area contributed by atoms with Crippen LogP contribution in [0.1, 0.15) is 45.2 Å². The first kappa shape index (κ1) is 15.4. The van der Waals surface area contributed by atoms with Gasteiger partial charge < -0.3 is 10.1 Å². The van der Waals surface area contributed by atoms with Crippen LogP contribution in [0.4, 0.5) is 0 Å². The Morgan fingerprint density at radius 1 is 1.30 bits per heavy atom. The molecule has 1 aliphatic carbocycles. The molecule has 1 aromatic rings. The smallest absolute Gasteiger partial charge is 0.119 e. The first-order valence-corrected chi connectivity index (χ1v) is 7.81. The first-order valence-electron chi connectivity index (χ1n) is 7.81. The number of fused-ring (bicyclic) bond motifs is 1. The molecule has 0 fully saturated rings. The summed E-state index contributed by atoms with van der Waals surface area (Å²) >= 11 is 0. The standard InChI is InChI=1S/C18H29NO/c1-13(2)18(3,4)12-19-16-8-6-14-7-9-17(20-5)11-15(14)10-16/h7,9,11,13,16,19H,6,8,10,12H2,1-5H3. The molecule has 2 rings (SSSR count). The molecule has 0 saturated heterocycles. The first-order chi connectivity index (χ1) is 9.42. The Labute approximate surface area is 123 Å². The molecule has 0 heterocycles. The summed E-state index contributed by atoms with van der Waals surface area (Å²) < 4.78 is 5.34. The monoisotopic (exact) mass is 275 g/mol. The van der Waals surface area contributed by atoms with Gasteiger partial charge in [-0.05, 0) is 53.9 Å². The van der Waals surface area contributed by atoms with E-state index < -0.39 is 0 Å². The minimum absolute atomic E-state index is 0.356. The molecule has 0 amide bonds. The SMILES string of the molecule is COc1ccc2c(c1)CC(NCC(C)(C)C(C)C)CC2. The fourth-order valence-electron chi connectivity index (χ4n) is 2.65. The van der Waals surface area contributed by atoms with E-state index in [-0.39, 0.29) is 0 Å². The van der Waals surface area contributed by atoms with E-state index in [1.807, 2.05) is 0 Å². The van der Waals surface area contributed by atoms with E-state index in [9.17, 15) is 0 Å². The molecule has 2 nitrogen and oxygen atoms in total. The number of aryl methyl sites for hydroxylation is 1. The number of hydrogen-bond acceptors (Lipinski definition) is 2. The van der Waals surface area contributed by atoms with Gasteiger partial charge in [-0.1, -0.05) is 33.8 Å². The molecule has 1 aliphatic rings. The highest BCUT2D eigenvalue weighted by Gasteiger charge is 2.25. The van der Waals surface area contributed by atoms with Gasteiger partial charge in [0, 0.05) is 12.6 Å². The van der Waals surface area contributed by atoms with Gasteiger partial charge in [0.15, 0.2) is 0 Å². The van der Waals surface area contributed by atoms with Crippen LogP contribution in [0.3, 0.4) is 0 Å². The summed E-state index contributed by atoms with van der Waals surface area (Å²) in [4.78, 5) is 0. The Morgan fingerprint density at radius 2 is 2.05 bits per heavy atom. The zero-order chi connectivity index (χ0) is 14.8. The summed E-state index contributed by atoms with van der Waals surface area (Å²) in [6.07, 6.45) is 3.55. The maximum Gasteiger partial charge on any atom is 0.119 e. The molecule has 0 aliphatic heterocycles. The average Bonchev–Trinajstić information content (AvgIpc) is 2.44. The van der Waals surface area contributed by atoms with Gasteiger partial charge in [0.25, 0.3) is 0 Å². The Kier molecular flexibility index (Phi) is 4.74. The van der Waals surface area contributed by atoms with Crippen molar-refractivity contribution < 1.29 is 4.74 Å². The van der Waals surface area contributed by atoms with Crippen LogP contribution in [-0.4, -0.2) is 19.7 Å². The third-order valence-corrected chi connectivity index (χ3v) is 5.05. The molecule has 0 bridgehead atoms. The fourth-order valence-corrected chi connectivity index (χ4v) is 2.65. The molecule has 112 valence electrons. The van der Waals surface area contributed by atoms with Crippen molar-refractivity contribution in [1.29, 1.82) is 0 Å². The molecule has 0 spiro atoms. The van der Waals surface area contributed by atoms with Gasteiger partial charge in [-0.15, -0.1) is 0 Å². The molecule has 1 unspecified atom stereocenters. The number of nitrogens with one attached hydrogen (secondary N) is 1. The van der Waals surface area contributed by atoms with Crippen molar-refractivity contribution in [2.45, 2.75) is 53.0 Å². The molecule has 1 aromatic carbocycles. The maximum atomic E-state index is 5.34. The van der Waals surface area contributed by atoms with Crippen LogP contribution < -0.4 is 10.1 Å². The highest BCUT2D eigenvalue weighted by molar-refractivity contribution is 5.37. The quantitative estimate of drug-likeness (QED) is 0.882. The molecule has 0 aromatic heterocycles. The summed E-state index contributed by atoms with van der Waals surface area (Å²) in [7, 11) is 1.74. The van der Waals surface area contributed by atoms with Gasteiger partial charge in [-0.2, -0.15) is 0 Å². The lowest BCUT2D eigenvalue weighted by atomic mass is 9.80. The van der Waals surface area contributed by atoms with Crippen LogP contribution in [0.15, 0.2) is 18.2 Å². The summed E-state index contributed by atoms with van der Waals surface area (Å²) in [6, 6.07) is 7.11. The topological polar surface area (TPSA) is 21.3 Å². The predicted octanol–water partition coefficient (Wildman–Crippen LogP) is 3.82. The molecule has 20 heavy (non-hydrogen) atoms. The number of benzene rings is 1. The average molecular weight is 275 g/mol. The minimum atomic E-state index is 0.356. The van der Waals surface area contributed by atoms with Gasteiger partial charge in [0.2, 0.25) is 0 Å². The van der Waals surface area contributed by atoms with Crippen molar-refractivity contribution in [3.05, 3.63) is 29.3 Å². The van der Waals surface area contributed by atoms with Gasteiger partial charge >= 0.3 is 0 Å². The summed E-state index contributed by atoms with van der Waals surface area (Å²) in [6.45, 7) is 10.4. The van der Waals surface area contributed by atoms with E-state index in [1.165, 1.54) is 24.0 Å². The van der Waals surface area contributed by atoms with Crippen LogP contribution in [0.2, 0.25) is 0 Å². The summed E-state index contributed by atoms with van der Waals surface area (Å²) in [5.74, 6) is 1.68. The van der Waals surface area contributed by atoms with E-state index in [2.05, 4.69) is 51.2 Å². The lowest BCUT2D eigenvalue weighted by molar-refractivity contribution is 0.224. The van der Waals surface area contributed by atoms with Gasteiger partial charge in [-0.25, -0.2) is 0 Å². The Morgan fingerprint density at radius 3 is 2.70 bits per heavy atom. The third-order valence-electron chi connectivity index (χ3n) is 5.05. The van der Waals surface area contributed by atoms with Crippen molar-refractivity contribution in [2.24, 2.45) is 11.3 Å². The van der Waals surface area contributed by atoms with Crippen molar-refractivity contribution >= 4 is 0 Å². The second-order valence-corrected chi connectivity index (χ2v) is 7.10. The molecule has 1 atom stereocenters. The highest BCUT2D eigenvalue weighted by Crippen LogP contribution is 2.28. The Hall–Kier alpha value is -1.02. The van der Waals surface area contributed by atoms with Crippen LogP contribution >= 0.6 is 0 Å². The lowest BCUT2D eigenvalue weighted by Crippen LogP contribution is -2.42. The Balaban J connectivity index is 1.97. The summed E-state index contributed by atoms with van der Waals surface area (Å²) in [5, 5.41) is 3.78. The van der Waals surface area contributed by atoms with E-state index in [4.69, 9.17) is 4.74 Å². The zero-order valence-corrected chi connectivity index (χ0v) is 13.6. The van der Waals surface area contributed by atoms with Crippen molar-refractivity contribution in [1.82, 2.24) is 5.32 Å². The van der Waals surface area contributed by atoms with Crippen molar-refractivity contribution in [2.75, 3.05) is 13.7 Å². The molecule has 0 saturated carbocycles. The van der Waals surface area contributed by atoms with Crippen molar-refractivity contribution in [3.63, 3.8) is 0 Å². The van der Waals surface area contributed by atoms with E-state index in [0.717, 1.165) is 18.7 Å². The second kappa shape index (κ2) is 6.17. The van der Waals surface area contributed by atoms with Crippen LogP contribution in [0, 0.1) is 11.3 Å². The molecule has 0 radical (unpaired) electrons. The highest BCUT2D eigenvalue weighted by atomic mass is 16.5. The lowest BCUT2D eigenvalue weighted by Gasteiger charge is -2.33. The van der Waals surface area contributed by atoms with Crippen LogP contribution in [-0.2, 0) is 12.8 Å². The minimum Gasteiger partial charge on any atom is -0.497 e. The molecular formula is C18H29NO. The Bertz CT molecular complexity index is 451.